The number of thioether (sulfide) groups is 1. The van der Waals surface area contributed by atoms with Crippen molar-refractivity contribution in [1.82, 2.24) is 4.90 Å². The number of thiocarbonyl (C=S) groups is 1. The summed E-state index contributed by atoms with van der Waals surface area (Å²) in [5, 5.41) is 5.38. The average Bonchev–Trinajstić information content (AvgIpc) is 3.06. The molecule has 1 aliphatic rings. The second kappa shape index (κ2) is 8.49. The third-order valence-electron chi connectivity index (χ3n) is 3.80. The van der Waals surface area contributed by atoms with E-state index in [1.165, 1.54) is 0 Å². The van der Waals surface area contributed by atoms with Gasteiger partial charge in [0.25, 0.3) is 0 Å². The second-order valence-corrected chi connectivity index (χ2v) is 7.89. The zero-order valence-corrected chi connectivity index (χ0v) is 16.8. The minimum Gasteiger partial charge on any atom is -0.494 e. The highest BCUT2D eigenvalue weighted by Crippen LogP contribution is 2.41. The summed E-state index contributed by atoms with van der Waals surface area (Å²) in [6.45, 7) is 3.49. The van der Waals surface area contributed by atoms with Crippen LogP contribution in [0.2, 0.25) is 10.0 Å². The van der Waals surface area contributed by atoms with E-state index < -0.39 is 0 Å². The van der Waals surface area contributed by atoms with Crippen molar-refractivity contribution in [2.24, 2.45) is 0 Å². The Bertz CT molecular complexity index is 755. The Morgan fingerprint density at radius 3 is 2.72 bits per heavy atom. The van der Waals surface area contributed by atoms with Gasteiger partial charge in [-0.3, -0.25) is 0 Å². The van der Waals surface area contributed by atoms with Crippen LogP contribution < -0.4 is 10.1 Å². The predicted octanol–water partition coefficient (Wildman–Crippen LogP) is 5.84. The fourth-order valence-electron chi connectivity index (χ4n) is 2.63. The number of hydrogen-bond acceptors (Lipinski definition) is 3. The molecule has 1 atom stereocenters. The molecule has 0 aliphatic carbocycles. The van der Waals surface area contributed by atoms with Crippen LogP contribution in [0.3, 0.4) is 0 Å². The molecule has 1 N–H and O–H groups in total. The molecule has 3 rings (SSSR count). The van der Waals surface area contributed by atoms with E-state index in [4.69, 9.17) is 40.2 Å². The third kappa shape index (κ3) is 4.53. The molecule has 1 unspecified atom stereocenters. The van der Waals surface area contributed by atoms with Gasteiger partial charge in [-0.15, -0.1) is 11.8 Å². The number of rotatable bonds is 4. The van der Waals surface area contributed by atoms with Crippen molar-refractivity contribution in [2.45, 2.75) is 12.3 Å². The molecule has 0 aromatic heterocycles. The van der Waals surface area contributed by atoms with Crippen LogP contribution in [0, 0.1) is 0 Å². The Morgan fingerprint density at radius 2 is 2.04 bits per heavy atom. The molecule has 2 aromatic carbocycles. The van der Waals surface area contributed by atoms with E-state index in [1.54, 1.807) is 6.07 Å². The zero-order chi connectivity index (χ0) is 17.8. The van der Waals surface area contributed by atoms with Crippen LogP contribution in [0.15, 0.2) is 42.5 Å². The first-order valence-electron chi connectivity index (χ1n) is 7.95. The first-order chi connectivity index (χ1) is 12.1. The van der Waals surface area contributed by atoms with E-state index in [2.05, 4.69) is 10.2 Å². The Labute approximate surface area is 167 Å². The highest BCUT2D eigenvalue weighted by atomic mass is 35.5. The molecule has 0 radical (unpaired) electrons. The number of ether oxygens (including phenoxy) is 1. The van der Waals surface area contributed by atoms with E-state index >= 15 is 0 Å². The Morgan fingerprint density at radius 1 is 1.28 bits per heavy atom. The standard InChI is InChI=1S/C18H18Cl2N2OS2/c1-2-23-14-6-4-13(5-7-14)21-18(24)22-9-10-25-17(22)15-8-3-12(19)11-16(15)20/h3-8,11,17H,2,9-10H2,1H3,(H,21,24). The lowest BCUT2D eigenvalue weighted by Crippen LogP contribution is -2.34. The predicted molar refractivity (Wildman–Crippen MR) is 112 cm³/mol. The first kappa shape index (κ1) is 18.6. The van der Waals surface area contributed by atoms with Crippen molar-refractivity contribution >= 4 is 58.0 Å². The first-order valence-corrected chi connectivity index (χ1v) is 10.2. The summed E-state index contributed by atoms with van der Waals surface area (Å²) in [7, 11) is 0. The molecule has 3 nitrogen and oxygen atoms in total. The maximum absolute atomic E-state index is 6.38. The largest absolute Gasteiger partial charge is 0.494 e. The van der Waals surface area contributed by atoms with Gasteiger partial charge in [-0.05, 0) is 55.5 Å². The lowest BCUT2D eigenvalue weighted by atomic mass is 10.2. The molecule has 7 heteroatoms. The summed E-state index contributed by atoms with van der Waals surface area (Å²) in [5.41, 5.74) is 1.97. The lowest BCUT2D eigenvalue weighted by Gasteiger charge is -2.27. The Kier molecular flexibility index (Phi) is 6.34. The molecule has 25 heavy (non-hydrogen) atoms. The molecule has 0 spiro atoms. The fraction of sp³-hybridized carbons (Fsp3) is 0.278. The van der Waals surface area contributed by atoms with Crippen molar-refractivity contribution in [3.05, 3.63) is 58.1 Å². The number of halogens is 2. The van der Waals surface area contributed by atoms with Gasteiger partial charge in [-0.25, -0.2) is 0 Å². The Balaban J connectivity index is 1.72. The number of nitrogens with zero attached hydrogens (tertiary/aromatic N) is 1. The van der Waals surface area contributed by atoms with Crippen LogP contribution in [-0.2, 0) is 0 Å². The smallest absolute Gasteiger partial charge is 0.174 e. The van der Waals surface area contributed by atoms with Gasteiger partial charge >= 0.3 is 0 Å². The minimum absolute atomic E-state index is 0.0902. The molecule has 0 bridgehead atoms. The molecule has 1 saturated heterocycles. The zero-order valence-electron chi connectivity index (χ0n) is 13.7. The van der Waals surface area contributed by atoms with Gasteiger partial charge in [0.1, 0.15) is 11.1 Å². The van der Waals surface area contributed by atoms with Crippen molar-refractivity contribution in [1.29, 1.82) is 0 Å². The summed E-state index contributed by atoms with van der Waals surface area (Å²) in [5.74, 6) is 1.84. The normalized spacial score (nSPS) is 16.8. The monoisotopic (exact) mass is 412 g/mol. The summed E-state index contributed by atoms with van der Waals surface area (Å²) in [4.78, 5) is 2.16. The highest BCUT2D eigenvalue weighted by Gasteiger charge is 2.30. The number of nitrogens with one attached hydrogen (secondary N) is 1. The molecule has 1 fully saturated rings. The summed E-state index contributed by atoms with van der Waals surface area (Å²) in [6, 6.07) is 13.4. The molecule has 1 aliphatic heterocycles. The minimum atomic E-state index is 0.0902. The highest BCUT2D eigenvalue weighted by molar-refractivity contribution is 7.99. The van der Waals surface area contributed by atoms with Gasteiger partial charge < -0.3 is 15.0 Å². The van der Waals surface area contributed by atoms with E-state index in [0.717, 1.165) is 29.3 Å². The van der Waals surface area contributed by atoms with E-state index in [-0.39, 0.29) is 5.37 Å². The molecule has 1 heterocycles. The van der Waals surface area contributed by atoms with Crippen LogP contribution in [0.4, 0.5) is 5.69 Å². The van der Waals surface area contributed by atoms with Gasteiger partial charge in [0, 0.05) is 33.6 Å². The van der Waals surface area contributed by atoms with Crippen molar-refractivity contribution in [3.63, 3.8) is 0 Å². The average molecular weight is 413 g/mol. The summed E-state index contributed by atoms with van der Waals surface area (Å²) in [6.07, 6.45) is 0. The van der Waals surface area contributed by atoms with Crippen LogP contribution in [-0.4, -0.2) is 28.9 Å². The van der Waals surface area contributed by atoms with Gasteiger partial charge in [0.2, 0.25) is 0 Å². The third-order valence-corrected chi connectivity index (χ3v) is 5.94. The lowest BCUT2D eigenvalue weighted by molar-refractivity contribution is 0.340. The van der Waals surface area contributed by atoms with Crippen LogP contribution in [0.5, 0.6) is 5.75 Å². The SMILES string of the molecule is CCOc1ccc(NC(=S)N2CCSC2c2ccc(Cl)cc2Cl)cc1. The molecular weight excluding hydrogens is 395 g/mol. The van der Waals surface area contributed by atoms with E-state index in [9.17, 15) is 0 Å². The van der Waals surface area contributed by atoms with E-state index in [1.807, 2.05) is 55.1 Å². The quantitative estimate of drug-likeness (QED) is 0.636. The number of hydrogen-bond donors (Lipinski definition) is 1. The molecular formula is C18H18Cl2N2OS2. The van der Waals surface area contributed by atoms with Gasteiger partial charge in [0.05, 0.1) is 6.61 Å². The second-order valence-electron chi connectivity index (χ2n) is 5.47. The number of benzene rings is 2. The maximum atomic E-state index is 6.38. The van der Waals surface area contributed by atoms with Gasteiger partial charge in [0.15, 0.2) is 5.11 Å². The van der Waals surface area contributed by atoms with E-state index in [0.29, 0.717) is 21.8 Å². The molecule has 0 amide bonds. The topological polar surface area (TPSA) is 24.5 Å². The van der Waals surface area contributed by atoms with Crippen LogP contribution >= 0.6 is 47.2 Å². The molecule has 2 aromatic rings. The number of anilines is 1. The van der Waals surface area contributed by atoms with Gasteiger partial charge in [-0.1, -0.05) is 29.3 Å². The molecule has 132 valence electrons. The molecule has 0 saturated carbocycles. The van der Waals surface area contributed by atoms with Crippen LogP contribution in [0.1, 0.15) is 17.9 Å². The van der Waals surface area contributed by atoms with Crippen molar-refractivity contribution < 1.29 is 4.74 Å². The fourth-order valence-corrected chi connectivity index (χ4v) is 4.89. The van der Waals surface area contributed by atoms with Gasteiger partial charge in [-0.2, -0.15) is 0 Å². The van der Waals surface area contributed by atoms with Crippen LogP contribution in [0.25, 0.3) is 0 Å². The van der Waals surface area contributed by atoms with Crippen molar-refractivity contribution in [2.75, 3.05) is 24.2 Å². The summed E-state index contributed by atoms with van der Waals surface area (Å²) >= 11 is 19.8. The maximum Gasteiger partial charge on any atom is 0.174 e. The Hall–Kier alpha value is -1.14. The van der Waals surface area contributed by atoms with Crippen molar-refractivity contribution in [3.8, 4) is 5.75 Å². The summed E-state index contributed by atoms with van der Waals surface area (Å²) < 4.78 is 5.46.